The summed E-state index contributed by atoms with van der Waals surface area (Å²) in [6.45, 7) is 4.00. The molecule has 0 unspecified atom stereocenters. The van der Waals surface area contributed by atoms with Gasteiger partial charge in [-0.05, 0) is 0 Å². The highest BCUT2D eigenvalue weighted by molar-refractivity contribution is 5.38. The van der Waals surface area contributed by atoms with Gasteiger partial charge in [-0.3, -0.25) is 4.98 Å². The first-order chi connectivity index (χ1) is 5.33. The lowest BCUT2D eigenvalue weighted by Gasteiger charge is -1.95. The van der Waals surface area contributed by atoms with Crippen molar-refractivity contribution >= 4 is 5.69 Å². The van der Waals surface area contributed by atoms with Crippen LogP contribution < -0.4 is 5.32 Å². The van der Waals surface area contributed by atoms with Gasteiger partial charge in [-0.2, -0.15) is 0 Å². The van der Waals surface area contributed by atoms with Crippen molar-refractivity contribution in [1.82, 2.24) is 4.98 Å². The molecule has 3 heteroatoms. The maximum atomic E-state index is 12.3. The molecule has 0 atom stereocenters. The first kappa shape index (κ1) is 9.88. The maximum Gasteiger partial charge on any atom is 0.143 e. The van der Waals surface area contributed by atoms with Gasteiger partial charge in [-0.25, -0.2) is 4.39 Å². The minimum atomic E-state index is -0.318. The molecule has 0 aliphatic carbocycles. The molecule has 11 heavy (non-hydrogen) atoms. The summed E-state index contributed by atoms with van der Waals surface area (Å²) < 4.78 is 12.3. The summed E-state index contributed by atoms with van der Waals surface area (Å²) in [6.07, 6.45) is 2.73. The molecule has 0 aliphatic rings. The number of aromatic nitrogens is 1. The van der Waals surface area contributed by atoms with Crippen molar-refractivity contribution in [1.29, 1.82) is 0 Å². The van der Waals surface area contributed by atoms with Gasteiger partial charge in [0, 0.05) is 13.1 Å². The minimum absolute atomic E-state index is 0.318. The number of nitrogens with one attached hydrogen (secondary N) is 1. The molecule has 0 saturated carbocycles. The number of rotatable bonds is 1. The third kappa shape index (κ3) is 3.55. The predicted octanol–water partition coefficient (Wildman–Crippen LogP) is 2.29. The van der Waals surface area contributed by atoms with Crippen LogP contribution in [0.3, 0.4) is 0 Å². The van der Waals surface area contributed by atoms with Gasteiger partial charge < -0.3 is 5.32 Å². The van der Waals surface area contributed by atoms with E-state index in [4.69, 9.17) is 0 Å². The van der Waals surface area contributed by atoms with Gasteiger partial charge in [0.25, 0.3) is 0 Å². The molecule has 1 aromatic heterocycles. The van der Waals surface area contributed by atoms with Crippen molar-refractivity contribution in [3.63, 3.8) is 0 Å². The van der Waals surface area contributed by atoms with Crippen LogP contribution in [0.25, 0.3) is 0 Å². The zero-order chi connectivity index (χ0) is 8.69. The molecule has 1 heterocycles. The van der Waals surface area contributed by atoms with Crippen molar-refractivity contribution in [2.45, 2.75) is 13.8 Å². The standard InChI is InChI=1S/C6H7FN2.C2H6/c1-8-6-2-5(7)3-9-4-6;1-2/h2-4,8H,1H3;1-2H3. The molecule has 1 rings (SSSR count). The molecule has 0 aromatic carbocycles. The fraction of sp³-hybridized carbons (Fsp3) is 0.375. The molecular formula is C8H13FN2. The third-order valence-electron chi connectivity index (χ3n) is 0.994. The van der Waals surface area contributed by atoms with Crippen LogP contribution in [0.4, 0.5) is 10.1 Å². The van der Waals surface area contributed by atoms with Crippen LogP contribution in [-0.2, 0) is 0 Å². The first-order valence-corrected chi connectivity index (χ1v) is 3.61. The lowest BCUT2D eigenvalue weighted by Crippen LogP contribution is -1.89. The number of hydrogen-bond acceptors (Lipinski definition) is 2. The molecule has 0 saturated heterocycles. The number of pyridine rings is 1. The third-order valence-corrected chi connectivity index (χ3v) is 0.994. The molecule has 0 radical (unpaired) electrons. The van der Waals surface area contributed by atoms with Crippen molar-refractivity contribution in [2.24, 2.45) is 0 Å². The van der Waals surface area contributed by atoms with E-state index < -0.39 is 0 Å². The van der Waals surface area contributed by atoms with Gasteiger partial charge in [0.1, 0.15) is 5.82 Å². The quantitative estimate of drug-likeness (QED) is 0.674. The van der Waals surface area contributed by atoms with E-state index in [1.807, 2.05) is 13.8 Å². The molecule has 0 aliphatic heterocycles. The average Bonchev–Trinajstić information content (AvgIpc) is 2.08. The van der Waals surface area contributed by atoms with Crippen LogP contribution in [0.15, 0.2) is 18.5 Å². The van der Waals surface area contributed by atoms with Crippen LogP contribution in [-0.4, -0.2) is 12.0 Å². The Hall–Kier alpha value is -1.12. The van der Waals surface area contributed by atoms with Gasteiger partial charge in [-0.15, -0.1) is 0 Å². The van der Waals surface area contributed by atoms with Crippen LogP contribution in [0, 0.1) is 5.82 Å². The molecule has 2 nitrogen and oxygen atoms in total. The van der Waals surface area contributed by atoms with E-state index in [9.17, 15) is 4.39 Å². The van der Waals surface area contributed by atoms with Gasteiger partial charge in [0.05, 0.1) is 18.1 Å². The van der Waals surface area contributed by atoms with E-state index in [1.165, 1.54) is 12.3 Å². The van der Waals surface area contributed by atoms with Gasteiger partial charge >= 0.3 is 0 Å². The molecule has 0 fully saturated rings. The number of hydrogen-bond donors (Lipinski definition) is 1. The fourth-order valence-corrected chi connectivity index (χ4v) is 0.549. The molecule has 62 valence electrons. The van der Waals surface area contributed by atoms with Crippen LogP contribution >= 0.6 is 0 Å². The number of anilines is 1. The molecule has 0 bridgehead atoms. The average molecular weight is 156 g/mol. The highest BCUT2D eigenvalue weighted by atomic mass is 19.1. The van der Waals surface area contributed by atoms with E-state index >= 15 is 0 Å². The Labute approximate surface area is 66.5 Å². The number of nitrogens with zero attached hydrogens (tertiary/aromatic N) is 1. The number of halogens is 1. The van der Waals surface area contributed by atoms with Gasteiger partial charge in [-0.1, -0.05) is 13.8 Å². The highest BCUT2D eigenvalue weighted by Gasteiger charge is 1.89. The molecule has 0 spiro atoms. The SMILES string of the molecule is CC.CNc1cncc(F)c1. The Bertz CT molecular complexity index is 201. The predicted molar refractivity (Wildman–Crippen MR) is 45.1 cm³/mol. The summed E-state index contributed by atoms with van der Waals surface area (Å²) >= 11 is 0. The van der Waals surface area contributed by atoms with Crippen molar-refractivity contribution < 1.29 is 4.39 Å². The van der Waals surface area contributed by atoms with Crippen LogP contribution in [0.5, 0.6) is 0 Å². The summed E-state index contributed by atoms with van der Waals surface area (Å²) in [6, 6.07) is 1.38. The van der Waals surface area contributed by atoms with E-state index in [0.29, 0.717) is 5.69 Å². The Morgan fingerprint density at radius 3 is 2.36 bits per heavy atom. The van der Waals surface area contributed by atoms with Gasteiger partial charge in [0.15, 0.2) is 0 Å². The monoisotopic (exact) mass is 156 g/mol. The van der Waals surface area contributed by atoms with Crippen molar-refractivity contribution in [3.8, 4) is 0 Å². The van der Waals surface area contributed by atoms with E-state index in [2.05, 4.69) is 10.3 Å². The Morgan fingerprint density at radius 1 is 1.36 bits per heavy atom. The van der Waals surface area contributed by atoms with E-state index in [0.717, 1.165) is 0 Å². The molecule has 1 N–H and O–H groups in total. The van der Waals surface area contributed by atoms with Crippen LogP contribution in [0.1, 0.15) is 13.8 Å². The molecular weight excluding hydrogens is 143 g/mol. The Balaban J connectivity index is 0.000000461. The van der Waals surface area contributed by atoms with Crippen LogP contribution in [0.2, 0.25) is 0 Å². The highest BCUT2D eigenvalue weighted by Crippen LogP contribution is 2.03. The zero-order valence-electron chi connectivity index (χ0n) is 7.06. The zero-order valence-corrected chi connectivity index (χ0v) is 7.06. The maximum absolute atomic E-state index is 12.3. The van der Waals surface area contributed by atoms with E-state index in [1.54, 1.807) is 13.2 Å². The van der Waals surface area contributed by atoms with Gasteiger partial charge in [0.2, 0.25) is 0 Å². The summed E-state index contributed by atoms with van der Waals surface area (Å²) in [7, 11) is 1.72. The largest absolute Gasteiger partial charge is 0.387 e. The topological polar surface area (TPSA) is 24.9 Å². The second-order valence-corrected chi connectivity index (χ2v) is 1.64. The van der Waals surface area contributed by atoms with Crippen molar-refractivity contribution in [3.05, 3.63) is 24.3 Å². The summed E-state index contributed by atoms with van der Waals surface area (Å²) in [5, 5.41) is 2.77. The lowest BCUT2D eigenvalue weighted by molar-refractivity contribution is 0.622. The van der Waals surface area contributed by atoms with Crippen molar-refractivity contribution in [2.75, 3.05) is 12.4 Å². The molecule has 1 aromatic rings. The smallest absolute Gasteiger partial charge is 0.143 e. The summed E-state index contributed by atoms with van der Waals surface area (Å²) in [5.41, 5.74) is 0.690. The molecule has 0 amide bonds. The first-order valence-electron chi connectivity index (χ1n) is 3.61. The fourth-order valence-electron chi connectivity index (χ4n) is 0.549. The summed E-state index contributed by atoms with van der Waals surface area (Å²) in [5.74, 6) is -0.318. The Kier molecular flexibility index (Phi) is 5.07. The minimum Gasteiger partial charge on any atom is -0.387 e. The Morgan fingerprint density at radius 2 is 2.00 bits per heavy atom. The van der Waals surface area contributed by atoms with E-state index in [-0.39, 0.29) is 5.82 Å². The second-order valence-electron chi connectivity index (χ2n) is 1.64. The normalized spacial score (nSPS) is 8.00. The summed E-state index contributed by atoms with van der Waals surface area (Å²) in [4.78, 5) is 3.62. The second kappa shape index (κ2) is 5.65. The lowest BCUT2D eigenvalue weighted by atomic mass is 10.4.